The normalized spacial score (nSPS) is 12.2. The number of sulfone groups is 1. The summed E-state index contributed by atoms with van der Waals surface area (Å²) in [6, 6.07) is 13.1. The van der Waals surface area contributed by atoms with Crippen LogP contribution in [0.15, 0.2) is 62.9 Å². The van der Waals surface area contributed by atoms with Gasteiger partial charge >= 0.3 is 0 Å². The number of halogens is 1. The fourth-order valence-electron chi connectivity index (χ4n) is 2.33. The van der Waals surface area contributed by atoms with Gasteiger partial charge < -0.3 is 10.7 Å². The summed E-state index contributed by atoms with van der Waals surface area (Å²) in [4.78, 5) is 2.77. The summed E-state index contributed by atoms with van der Waals surface area (Å²) in [5, 5.41) is 10.2. The number of fused-ring (bicyclic) bond motifs is 1. The molecule has 5 nitrogen and oxygen atoms in total. The molecule has 0 radical (unpaired) electrons. The van der Waals surface area contributed by atoms with Crippen molar-refractivity contribution in [3.63, 3.8) is 0 Å². The molecule has 120 valence electrons. The van der Waals surface area contributed by atoms with Crippen molar-refractivity contribution in [3.05, 3.63) is 63.6 Å². The van der Waals surface area contributed by atoms with Gasteiger partial charge in [-0.2, -0.15) is 5.26 Å². The Labute approximate surface area is 147 Å². The highest BCUT2D eigenvalue weighted by Gasteiger charge is 2.21. The molecular weight excluding hydrogens is 390 g/mol. The largest absolute Gasteiger partial charge is 0.399 e. The number of allylic oxidation sites excluding steroid dienone is 1. The first-order chi connectivity index (χ1) is 11.4. The maximum absolute atomic E-state index is 12.6. The van der Waals surface area contributed by atoms with Crippen molar-refractivity contribution in [1.29, 1.82) is 5.26 Å². The molecule has 0 aliphatic rings. The number of benzene rings is 2. The maximum atomic E-state index is 12.6. The predicted octanol–water partition coefficient (Wildman–Crippen LogP) is 3.85. The molecule has 7 heteroatoms. The smallest absolute Gasteiger partial charge is 0.216 e. The number of aromatic nitrogens is 1. The van der Waals surface area contributed by atoms with Crippen LogP contribution < -0.4 is 5.73 Å². The number of aromatic amines is 1. The van der Waals surface area contributed by atoms with E-state index in [1.807, 2.05) is 18.2 Å². The lowest BCUT2D eigenvalue weighted by Gasteiger charge is -2.03. The van der Waals surface area contributed by atoms with Crippen LogP contribution in [-0.4, -0.2) is 13.4 Å². The molecule has 0 saturated heterocycles. The highest BCUT2D eigenvalue weighted by Crippen LogP contribution is 2.27. The fraction of sp³-hybridized carbons (Fsp3) is 0. The summed E-state index contributed by atoms with van der Waals surface area (Å²) < 4.78 is 26.2. The van der Waals surface area contributed by atoms with Gasteiger partial charge in [-0.15, -0.1) is 0 Å². The SMILES string of the molecule is N#C/C(=C\c1c[nH]c2cc(Br)ccc12)S(=O)(=O)c1ccc(N)cc1. The zero-order valence-electron chi connectivity index (χ0n) is 12.3. The number of hydrogen-bond donors (Lipinski definition) is 2. The molecule has 0 unspecified atom stereocenters. The molecule has 0 amide bonds. The van der Waals surface area contributed by atoms with Crippen LogP contribution >= 0.6 is 15.9 Å². The van der Waals surface area contributed by atoms with Gasteiger partial charge in [-0.05, 0) is 42.5 Å². The van der Waals surface area contributed by atoms with Gasteiger partial charge in [0.05, 0.1) is 4.90 Å². The number of hydrogen-bond acceptors (Lipinski definition) is 4. The van der Waals surface area contributed by atoms with E-state index in [4.69, 9.17) is 5.73 Å². The minimum atomic E-state index is -3.90. The molecule has 3 aromatic rings. The summed E-state index contributed by atoms with van der Waals surface area (Å²) in [6.07, 6.45) is 3.05. The van der Waals surface area contributed by atoms with Gasteiger partial charge in [0, 0.05) is 32.8 Å². The van der Waals surface area contributed by atoms with Crippen LogP contribution in [0.4, 0.5) is 5.69 Å². The quantitative estimate of drug-likeness (QED) is 0.513. The lowest BCUT2D eigenvalue weighted by atomic mass is 10.1. The van der Waals surface area contributed by atoms with Crippen LogP contribution in [0.2, 0.25) is 0 Å². The highest BCUT2D eigenvalue weighted by atomic mass is 79.9. The number of anilines is 1. The Hall–Kier alpha value is -2.56. The summed E-state index contributed by atoms with van der Waals surface area (Å²) in [6.45, 7) is 0. The van der Waals surface area contributed by atoms with Crippen LogP contribution in [0.5, 0.6) is 0 Å². The van der Waals surface area contributed by atoms with Crippen molar-refractivity contribution in [2.24, 2.45) is 0 Å². The lowest BCUT2D eigenvalue weighted by molar-refractivity contribution is 0.603. The Morgan fingerprint density at radius 1 is 1.21 bits per heavy atom. The van der Waals surface area contributed by atoms with Crippen molar-refractivity contribution in [3.8, 4) is 6.07 Å². The monoisotopic (exact) mass is 401 g/mol. The molecule has 24 heavy (non-hydrogen) atoms. The van der Waals surface area contributed by atoms with Gasteiger partial charge in [-0.25, -0.2) is 8.42 Å². The van der Waals surface area contributed by atoms with Crippen molar-refractivity contribution < 1.29 is 8.42 Å². The second kappa shape index (κ2) is 6.15. The molecule has 1 heterocycles. The summed E-state index contributed by atoms with van der Waals surface area (Å²) in [5.74, 6) is 0. The third-order valence-corrected chi connectivity index (χ3v) is 5.73. The molecule has 0 bridgehead atoms. The predicted molar refractivity (Wildman–Crippen MR) is 97.6 cm³/mol. The zero-order chi connectivity index (χ0) is 17.3. The lowest BCUT2D eigenvalue weighted by Crippen LogP contribution is -2.03. The average Bonchev–Trinajstić information content (AvgIpc) is 2.94. The van der Waals surface area contributed by atoms with Gasteiger partial charge in [-0.1, -0.05) is 22.0 Å². The third kappa shape index (κ3) is 2.94. The number of nitrogen functional groups attached to an aromatic ring is 1. The van der Waals surface area contributed by atoms with E-state index in [0.29, 0.717) is 11.3 Å². The first-order valence-corrected chi connectivity index (χ1v) is 9.18. The molecule has 2 aromatic carbocycles. The van der Waals surface area contributed by atoms with E-state index in [1.165, 1.54) is 30.3 Å². The molecule has 1 aromatic heterocycles. The highest BCUT2D eigenvalue weighted by molar-refractivity contribution is 9.10. The van der Waals surface area contributed by atoms with Gasteiger partial charge in [-0.3, -0.25) is 0 Å². The van der Waals surface area contributed by atoms with Crippen LogP contribution in [0.25, 0.3) is 17.0 Å². The Bertz CT molecular complexity index is 1090. The molecule has 0 saturated carbocycles. The molecule has 0 aliphatic heterocycles. The molecular formula is C17H12BrN3O2S. The fourth-order valence-corrected chi connectivity index (χ4v) is 3.84. The minimum absolute atomic E-state index is 0.0343. The van der Waals surface area contributed by atoms with Crippen LogP contribution in [0, 0.1) is 11.3 Å². The Morgan fingerprint density at radius 2 is 1.92 bits per heavy atom. The van der Waals surface area contributed by atoms with E-state index in [0.717, 1.165) is 15.4 Å². The first-order valence-electron chi connectivity index (χ1n) is 6.91. The second-order valence-electron chi connectivity index (χ2n) is 5.13. The molecule has 0 spiro atoms. The zero-order valence-corrected chi connectivity index (χ0v) is 14.7. The van der Waals surface area contributed by atoms with E-state index >= 15 is 0 Å². The third-order valence-electron chi connectivity index (χ3n) is 3.55. The molecule has 0 atom stereocenters. The minimum Gasteiger partial charge on any atom is -0.399 e. The van der Waals surface area contributed by atoms with E-state index < -0.39 is 9.84 Å². The van der Waals surface area contributed by atoms with Crippen molar-refractivity contribution in [1.82, 2.24) is 4.98 Å². The van der Waals surface area contributed by atoms with Gasteiger partial charge in [0.15, 0.2) is 0 Å². The van der Waals surface area contributed by atoms with Crippen molar-refractivity contribution in [2.45, 2.75) is 4.90 Å². The van der Waals surface area contributed by atoms with Gasteiger partial charge in [0.1, 0.15) is 11.0 Å². The van der Waals surface area contributed by atoms with Crippen LogP contribution in [-0.2, 0) is 9.84 Å². The molecule has 0 fully saturated rings. The number of H-pyrrole nitrogens is 1. The maximum Gasteiger partial charge on any atom is 0.216 e. The van der Waals surface area contributed by atoms with E-state index in [2.05, 4.69) is 20.9 Å². The Kier molecular flexibility index (Phi) is 4.18. The topological polar surface area (TPSA) is 99.7 Å². The van der Waals surface area contributed by atoms with Crippen molar-refractivity contribution in [2.75, 3.05) is 5.73 Å². The number of nitrogens with one attached hydrogen (secondary N) is 1. The van der Waals surface area contributed by atoms with Gasteiger partial charge in [0.2, 0.25) is 9.84 Å². The second-order valence-corrected chi connectivity index (χ2v) is 7.96. The van der Waals surface area contributed by atoms with E-state index in [-0.39, 0.29) is 9.80 Å². The number of nitrogens with two attached hydrogens (primary N) is 1. The van der Waals surface area contributed by atoms with Crippen LogP contribution in [0.3, 0.4) is 0 Å². The summed E-state index contributed by atoms with van der Waals surface area (Å²) >= 11 is 3.38. The Balaban J connectivity index is 2.12. The van der Waals surface area contributed by atoms with E-state index in [1.54, 1.807) is 12.3 Å². The van der Waals surface area contributed by atoms with Gasteiger partial charge in [0.25, 0.3) is 0 Å². The number of rotatable bonds is 3. The van der Waals surface area contributed by atoms with E-state index in [9.17, 15) is 13.7 Å². The number of nitriles is 1. The molecule has 3 N–H and O–H groups in total. The average molecular weight is 402 g/mol. The molecule has 0 aliphatic carbocycles. The standard InChI is InChI=1S/C17H12BrN3O2S/c18-12-1-6-16-11(10-21-17(16)8-12)7-15(9-19)24(22,23)14-4-2-13(20)3-5-14/h1-8,10,21H,20H2/b15-7+. The number of nitrogens with zero attached hydrogens (tertiary/aromatic N) is 1. The van der Waals surface area contributed by atoms with Crippen molar-refractivity contribution >= 4 is 48.4 Å². The Morgan fingerprint density at radius 3 is 2.58 bits per heavy atom. The molecule has 3 rings (SSSR count). The summed E-state index contributed by atoms with van der Waals surface area (Å²) in [5.41, 5.74) is 7.51. The summed E-state index contributed by atoms with van der Waals surface area (Å²) in [7, 11) is -3.90. The first kappa shape index (κ1) is 16.3. The van der Waals surface area contributed by atoms with Crippen LogP contribution in [0.1, 0.15) is 5.56 Å².